The topological polar surface area (TPSA) is 82.2 Å². The lowest BCUT2D eigenvalue weighted by atomic mass is 10.0. The summed E-state index contributed by atoms with van der Waals surface area (Å²) in [5.41, 5.74) is 3.79. The van der Waals surface area contributed by atoms with Gasteiger partial charge >= 0.3 is 0 Å². The van der Waals surface area contributed by atoms with Gasteiger partial charge in [0.2, 0.25) is 0 Å². The van der Waals surface area contributed by atoms with Crippen LogP contribution in [0.4, 0.5) is 17.1 Å². The van der Waals surface area contributed by atoms with Crippen molar-refractivity contribution in [2.24, 2.45) is 7.05 Å². The second kappa shape index (κ2) is 11.6. The number of hydrogen-bond acceptors (Lipinski definition) is 8. The van der Waals surface area contributed by atoms with E-state index in [-0.39, 0.29) is 0 Å². The number of fused-ring (bicyclic) bond motifs is 1. The molecule has 2 saturated heterocycles. The summed E-state index contributed by atoms with van der Waals surface area (Å²) in [4.78, 5) is 15.0. The zero-order valence-corrected chi connectivity index (χ0v) is 24.3. The van der Waals surface area contributed by atoms with Gasteiger partial charge in [0.15, 0.2) is 5.16 Å². The predicted octanol–water partition coefficient (Wildman–Crippen LogP) is 6.46. The molecule has 6 rings (SSSR count). The lowest BCUT2D eigenvalue weighted by Gasteiger charge is -2.38. The van der Waals surface area contributed by atoms with Crippen molar-refractivity contribution in [3.63, 3.8) is 0 Å². The summed E-state index contributed by atoms with van der Waals surface area (Å²) < 4.78 is 7.84. The largest absolute Gasteiger partial charge is 0.495 e. The molecule has 8 nitrogen and oxygen atoms in total. The summed E-state index contributed by atoms with van der Waals surface area (Å²) in [7, 11) is 3.65. The van der Waals surface area contributed by atoms with E-state index in [1.807, 2.05) is 42.1 Å². The first kappa shape index (κ1) is 26.8. The number of anilines is 3. The van der Waals surface area contributed by atoms with Crippen molar-refractivity contribution in [1.82, 2.24) is 19.4 Å². The van der Waals surface area contributed by atoms with Crippen LogP contribution >= 0.6 is 23.4 Å². The lowest BCUT2D eigenvalue weighted by Crippen LogP contribution is -2.44. The van der Waals surface area contributed by atoms with Gasteiger partial charge in [0.05, 0.1) is 34.6 Å². The number of aryl methyl sites for hydroxylation is 1. The number of piperidine rings is 1. The minimum Gasteiger partial charge on any atom is -0.495 e. The van der Waals surface area contributed by atoms with Gasteiger partial charge in [-0.2, -0.15) is 5.26 Å². The summed E-state index contributed by atoms with van der Waals surface area (Å²) >= 11 is 8.16. The Morgan fingerprint density at radius 2 is 1.95 bits per heavy atom. The van der Waals surface area contributed by atoms with E-state index in [2.05, 4.69) is 37.2 Å². The maximum Gasteiger partial charge on any atom is 0.172 e. The molecule has 0 unspecified atom stereocenters. The van der Waals surface area contributed by atoms with Gasteiger partial charge in [0.25, 0.3) is 0 Å². The van der Waals surface area contributed by atoms with Crippen LogP contribution in [0.3, 0.4) is 0 Å². The van der Waals surface area contributed by atoms with E-state index in [1.165, 1.54) is 37.7 Å². The number of halogens is 1. The van der Waals surface area contributed by atoms with Crippen molar-refractivity contribution in [1.29, 1.82) is 5.26 Å². The third-order valence-electron chi connectivity index (χ3n) is 7.93. The average Bonchev–Trinajstić information content (AvgIpc) is 3.66. The normalized spacial score (nSPS) is 16.4. The van der Waals surface area contributed by atoms with E-state index >= 15 is 0 Å². The molecule has 2 fully saturated rings. The Balaban J connectivity index is 1.28. The van der Waals surface area contributed by atoms with Crippen LogP contribution in [-0.4, -0.2) is 58.8 Å². The van der Waals surface area contributed by atoms with Gasteiger partial charge in [0.1, 0.15) is 11.8 Å². The van der Waals surface area contributed by atoms with E-state index in [0.29, 0.717) is 22.3 Å². The molecular formula is C30H32ClN7OS. The van der Waals surface area contributed by atoms with Gasteiger partial charge in [0, 0.05) is 60.7 Å². The average molecular weight is 576 g/mol. The number of rotatable bonds is 7. The number of pyridine rings is 1. The van der Waals surface area contributed by atoms with Crippen LogP contribution in [0.1, 0.15) is 31.2 Å². The summed E-state index contributed by atoms with van der Waals surface area (Å²) in [5, 5.41) is 15.6. The lowest BCUT2D eigenvalue weighted by molar-refractivity contribution is 0.207. The van der Waals surface area contributed by atoms with E-state index < -0.39 is 0 Å². The van der Waals surface area contributed by atoms with Crippen molar-refractivity contribution in [2.45, 2.75) is 41.8 Å². The second-order valence-electron chi connectivity index (χ2n) is 10.4. The van der Waals surface area contributed by atoms with Crippen LogP contribution in [0, 0.1) is 11.3 Å². The third kappa shape index (κ3) is 5.31. The third-order valence-corrected chi connectivity index (χ3v) is 9.51. The Morgan fingerprint density at radius 3 is 2.62 bits per heavy atom. The van der Waals surface area contributed by atoms with Gasteiger partial charge < -0.3 is 24.4 Å². The first-order valence-corrected chi connectivity index (χ1v) is 14.8. The first-order valence-electron chi connectivity index (χ1n) is 13.7. The molecule has 2 aromatic carbocycles. The molecule has 1 N–H and O–H groups in total. The van der Waals surface area contributed by atoms with Gasteiger partial charge in [-0.1, -0.05) is 23.4 Å². The fourth-order valence-corrected chi connectivity index (χ4v) is 6.88. The van der Waals surface area contributed by atoms with Crippen molar-refractivity contribution in [2.75, 3.05) is 43.5 Å². The molecule has 0 aliphatic carbocycles. The van der Waals surface area contributed by atoms with Crippen LogP contribution in [0.15, 0.2) is 59.0 Å². The Labute approximate surface area is 243 Å². The summed E-state index contributed by atoms with van der Waals surface area (Å²) in [6.07, 6.45) is 10.3. The molecule has 0 atom stereocenters. The molecule has 2 aliphatic heterocycles. The van der Waals surface area contributed by atoms with Crippen LogP contribution in [-0.2, 0) is 7.05 Å². The molecule has 4 heterocycles. The van der Waals surface area contributed by atoms with E-state index in [9.17, 15) is 5.26 Å². The van der Waals surface area contributed by atoms with Gasteiger partial charge in [-0.05, 0) is 69.1 Å². The van der Waals surface area contributed by atoms with Gasteiger partial charge in [-0.3, -0.25) is 4.98 Å². The molecule has 4 aromatic rings. The molecule has 2 aliphatic rings. The number of ether oxygens (including phenoxy) is 1. The quantitative estimate of drug-likeness (QED) is 0.269. The number of aromatic nitrogens is 3. The molecule has 10 heteroatoms. The number of methoxy groups -OCH3 is 1. The molecule has 206 valence electrons. The van der Waals surface area contributed by atoms with Crippen molar-refractivity contribution in [3.05, 3.63) is 59.5 Å². The second-order valence-corrected chi connectivity index (χ2v) is 11.8. The Morgan fingerprint density at radius 1 is 1.15 bits per heavy atom. The predicted molar refractivity (Wildman–Crippen MR) is 161 cm³/mol. The fraction of sp³-hybridized carbons (Fsp3) is 0.367. The monoisotopic (exact) mass is 575 g/mol. The van der Waals surface area contributed by atoms with Crippen LogP contribution in [0.25, 0.3) is 10.9 Å². The Bertz CT molecular complexity index is 1570. The molecule has 40 heavy (non-hydrogen) atoms. The maximum absolute atomic E-state index is 9.91. The number of nitrogens with one attached hydrogen (secondary N) is 1. The van der Waals surface area contributed by atoms with E-state index in [0.717, 1.165) is 64.0 Å². The zero-order chi connectivity index (χ0) is 27.6. The van der Waals surface area contributed by atoms with Crippen LogP contribution in [0.5, 0.6) is 5.75 Å². The number of imidazole rings is 1. The number of likely N-dealkylation sites (tertiary alicyclic amines) is 1. The number of benzene rings is 2. The standard InChI is InChI=1S/C30H32ClN7OS/c1-36-14-9-33-30(36)40-28-6-5-21(15-24(28)31)35-29-20(18-32)19-34-25-17-26(27(39-2)16-23(25)29)38-12-7-22(8-13-38)37-10-3-4-11-37/h5-6,9,14-17,19,22H,3-4,7-8,10-13H2,1-2H3,(H,34,35)/i19+2. The number of nitriles is 1. The van der Waals surface area contributed by atoms with Crippen molar-refractivity contribution in [3.8, 4) is 11.8 Å². The minimum absolute atomic E-state index is 0.455. The number of hydrogen-bond donors (Lipinski definition) is 1. The van der Waals surface area contributed by atoms with E-state index in [1.54, 1.807) is 19.5 Å². The minimum atomic E-state index is 0.455. The van der Waals surface area contributed by atoms with E-state index in [4.69, 9.17) is 16.3 Å². The Hall–Kier alpha value is -3.45. The van der Waals surface area contributed by atoms with Crippen LogP contribution < -0.4 is 15.0 Å². The molecule has 2 aromatic heterocycles. The highest BCUT2D eigenvalue weighted by Crippen LogP contribution is 2.40. The van der Waals surface area contributed by atoms with Crippen LogP contribution in [0.2, 0.25) is 5.02 Å². The molecule has 0 amide bonds. The smallest absolute Gasteiger partial charge is 0.172 e. The summed E-state index contributed by atoms with van der Waals surface area (Å²) in [6.45, 7) is 4.46. The molecule has 0 saturated carbocycles. The zero-order valence-electron chi connectivity index (χ0n) is 22.7. The van der Waals surface area contributed by atoms with Crippen molar-refractivity contribution < 1.29 is 4.74 Å². The molecule has 0 spiro atoms. The van der Waals surface area contributed by atoms with Gasteiger partial charge in [-0.25, -0.2) is 4.98 Å². The summed E-state index contributed by atoms with van der Waals surface area (Å²) in [6, 6.07) is 12.9. The highest BCUT2D eigenvalue weighted by Gasteiger charge is 2.28. The highest BCUT2D eigenvalue weighted by atomic mass is 35.5. The molecular weight excluding hydrogens is 544 g/mol. The Kier molecular flexibility index (Phi) is 7.74. The fourth-order valence-electron chi connectivity index (χ4n) is 5.77. The summed E-state index contributed by atoms with van der Waals surface area (Å²) in [5.74, 6) is 0.784. The highest BCUT2D eigenvalue weighted by molar-refractivity contribution is 7.99. The molecule has 0 bridgehead atoms. The SMILES string of the molecule is COc1cc2c(Nc3ccc(Sc4nccn4C)c(Cl)c3)c(C#N)[14cH]nc2cc1N1CCC(N2CCCC2)CC1. The number of nitrogens with zero attached hydrogens (tertiary/aromatic N) is 6. The van der Waals surface area contributed by atoms with Crippen molar-refractivity contribution >= 4 is 51.3 Å². The maximum atomic E-state index is 9.91. The molecule has 0 radical (unpaired) electrons. The first-order chi connectivity index (χ1) is 19.5. The van der Waals surface area contributed by atoms with Gasteiger partial charge in [-0.15, -0.1) is 0 Å².